The molecule has 1 aromatic rings. The highest BCUT2D eigenvalue weighted by molar-refractivity contribution is 9.10. The van der Waals surface area contributed by atoms with Crippen LogP contribution in [0.3, 0.4) is 0 Å². The summed E-state index contributed by atoms with van der Waals surface area (Å²) >= 11 is 3.41. The predicted molar refractivity (Wildman–Crippen MR) is 83.0 cm³/mol. The molecule has 0 N–H and O–H groups in total. The van der Waals surface area contributed by atoms with Crippen LogP contribution >= 0.6 is 15.9 Å². The fourth-order valence-electron chi connectivity index (χ4n) is 2.03. The second-order valence-electron chi connectivity index (χ2n) is 4.66. The Labute approximate surface area is 124 Å². The Morgan fingerprint density at radius 2 is 1.89 bits per heavy atom. The quantitative estimate of drug-likeness (QED) is 0.449. The van der Waals surface area contributed by atoms with E-state index in [9.17, 15) is 4.79 Å². The molecule has 2 nitrogen and oxygen atoms in total. The van der Waals surface area contributed by atoms with Crippen molar-refractivity contribution in [2.45, 2.75) is 52.4 Å². The van der Waals surface area contributed by atoms with Crippen molar-refractivity contribution >= 4 is 21.7 Å². The molecule has 0 unspecified atom stereocenters. The third-order valence-electron chi connectivity index (χ3n) is 3.05. The Morgan fingerprint density at radius 3 is 2.58 bits per heavy atom. The molecule has 0 spiro atoms. The monoisotopic (exact) mass is 326 g/mol. The lowest BCUT2D eigenvalue weighted by atomic mass is 10.0. The number of carbonyl (C=O) groups is 1. The zero-order valence-corrected chi connectivity index (χ0v) is 13.5. The molecule has 19 heavy (non-hydrogen) atoms. The van der Waals surface area contributed by atoms with Crippen LogP contribution in [0.1, 0.15) is 62.7 Å². The van der Waals surface area contributed by atoms with Crippen molar-refractivity contribution in [1.82, 2.24) is 0 Å². The predicted octanol–water partition coefficient (Wildman–Crippen LogP) is 5.39. The first-order valence-corrected chi connectivity index (χ1v) is 7.93. The van der Waals surface area contributed by atoms with Crippen LogP contribution in [-0.4, -0.2) is 12.4 Å². The number of unbranched alkanes of at least 4 members (excludes halogenated alkanes) is 4. The molecule has 0 saturated carbocycles. The molecule has 106 valence electrons. The summed E-state index contributed by atoms with van der Waals surface area (Å²) in [4.78, 5) is 12.2. The molecule has 3 heteroatoms. The van der Waals surface area contributed by atoms with E-state index in [1.54, 1.807) is 0 Å². The number of carbonyl (C=O) groups excluding carboxylic acids is 1. The normalized spacial score (nSPS) is 10.5. The maximum atomic E-state index is 12.2. The van der Waals surface area contributed by atoms with Crippen molar-refractivity contribution < 1.29 is 9.53 Å². The van der Waals surface area contributed by atoms with Crippen LogP contribution in [0, 0.1) is 0 Å². The Kier molecular flexibility index (Phi) is 7.80. The first kappa shape index (κ1) is 16.2. The molecule has 0 amide bonds. The Hall–Kier alpha value is -0.830. The molecule has 0 radical (unpaired) electrons. The highest BCUT2D eigenvalue weighted by atomic mass is 79.9. The zero-order valence-electron chi connectivity index (χ0n) is 11.9. The van der Waals surface area contributed by atoms with Crippen molar-refractivity contribution in [1.29, 1.82) is 0 Å². The largest absolute Gasteiger partial charge is 0.493 e. The number of Topliss-reactive ketones (excluding diaryl/α,β-unsaturated/α-hetero) is 1. The van der Waals surface area contributed by atoms with Crippen LogP contribution in [-0.2, 0) is 0 Å². The van der Waals surface area contributed by atoms with Gasteiger partial charge in [0.15, 0.2) is 5.78 Å². The third-order valence-corrected chi connectivity index (χ3v) is 3.54. The van der Waals surface area contributed by atoms with Gasteiger partial charge >= 0.3 is 0 Å². The van der Waals surface area contributed by atoms with Gasteiger partial charge in [0.05, 0.1) is 12.2 Å². The van der Waals surface area contributed by atoms with Crippen LogP contribution in [0.15, 0.2) is 22.7 Å². The van der Waals surface area contributed by atoms with E-state index in [0.29, 0.717) is 24.3 Å². The summed E-state index contributed by atoms with van der Waals surface area (Å²) in [5.41, 5.74) is 0.701. The summed E-state index contributed by atoms with van der Waals surface area (Å²) in [7, 11) is 0. The number of ether oxygens (including phenoxy) is 1. The lowest BCUT2D eigenvalue weighted by Crippen LogP contribution is -2.04. The first-order chi connectivity index (χ1) is 9.19. The highest BCUT2D eigenvalue weighted by Gasteiger charge is 2.12. The lowest BCUT2D eigenvalue weighted by molar-refractivity contribution is 0.0975. The molecule has 0 heterocycles. The van der Waals surface area contributed by atoms with E-state index in [1.165, 1.54) is 19.3 Å². The molecular formula is C16H23BrO2. The Balaban J connectivity index is 2.57. The first-order valence-electron chi connectivity index (χ1n) is 7.14. The van der Waals surface area contributed by atoms with Crippen molar-refractivity contribution in [2.75, 3.05) is 6.61 Å². The fourth-order valence-corrected chi connectivity index (χ4v) is 2.39. The van der Waals surface area contributed by atoms with E-state index < -0.39 is 0 Å². The van der Waals surface area contributed by atoms with Gasteiger partial charge in [0.25, 0.3) is 0 Å². The molecule has 0 atom stereocenters. The van der Waals surface area contributed by atoms with Crippen LogP contribution in [0.25, 0.3) is 0 Å². The topological polar surface area (TPSA) is 26.3 Å². The minimum absolute atomic E-state index is 0.182. The van der Waals surface area contributed by atoms with Gasteiger partial charge in [-0.2, -0.15) is 0 Å². The van der Waals surface area contributed by atoms with E-state index in [4.69, 9.17) is 4.74 Å². The highest BCUT2D eigenvalue weighted by Crippen LogP contribution is 2.25. The minimum Gasteiger partial charge on any atom is -0.493 e. The summed E-state index contributed by atoms with van der Waals surface area (Å²) in [6.07, 6.45) is 6.43. The number of rotatable bonds is 9. The summed E-state index contributed by atoms with van der Waals surface area (Å²) < 4.78 is 6.44. The zero-order chi connectivity index (χ0) is 14.1. The van der Waals surface area contributed by atoms with E-state index in [-0.39, 0.29) is 5.78 Å². The van der Waals surface area contributed by atoms with Gasteiger partial charge in [-0.3, -0.25) is 4.79 Å². The second-order valence-corrected chi connectivity index (χ2v) is 5.58. The molecule has 0 aromatic heterocycles. The van der Waals surface area contributed by atoms with Crippen LogP contribution < -0.4 is 4.74 Å². The SMILES string of the molecule is CCCCCCCC(=O)c1cc(Br)ccc1OCC. The fraction of sp³-hybridized carbons (Fsp3) is 0.562. The molecule has 0 fully saturated rings. The van der Waals surface area contributed by atoms with Gasteiger partial charge in [0.2, 0.25) is 0 Å². The average molecular weight is 327 g/mol. The van der Waals surface area contributed by atoms with Crippen molar-refractivity contribution in [3.63, 3.8) is 0 Å². The van der Waals surface area contributed by atoms with Gasteiger partial charge in [-0.15, -0.1) is 0 Å². The maximum absolute atomic E-state index is 12.2. The van der Waals surface area contributed by atoms with Gasteiger partial charge in [-0.25, -0.2) is 0 Å². The number of hydrogen-bond acceptors (Lipinski definition) is 2. The standard InChI is InChI=1S/C16H23BrO2/c1-3-5-6-7-8-9-15(18)14-12-13(17)10-11-16(14)19-4-2/h10-12H,3-9H2,1-2H3. The van der Waals surface area contributed by atoms with Gasteiger partial charge in [0, 0.05) is 10.9 Å². The summed E-state index contributed by atoms with van der Waals surface area (Å²) in [6, 6.07) is 5.63. The molecule has 0 aliphatic rings. The number of ketones is 1. The van der Waals surface area contributed by atoms with Crippen LogP contribution in [0.4, 0.5) is 0 Å². The van der Waals surface area contributed by atoms with E-state index in [2.05, 4.69) is 22.9 Å². The van der Waals surface area contributed by atoms with E-state index in [0.717, 1.165) is 17.3 Å². The van der Waals surface area contributed by atoms with Gasteiger partial charge in [0.1, 0.15) is 5.75 Å². The molecule has 0 aliphatic heterocycles. The number of hydrogen-bond donors (Lipinski definition) is 0. The Morgan fingerprint density at radius 1 is 1.16 bits per heavy atom. The maximum Gasteiger partial charge on any atom is 0.166 e. The summed E-state index contributed by atoms with van der Waals surface area (Å²) in [5.74, 6) is 0.880. The van der Waals surface area contributed by atoms with Crippen LogP contribution in [0.5, 0.6) is 5.75 Å². The molecule has 1 aromatic carbocycles. The van der Waals surface area contributed by atoms with Crippen molar-refractivity contribution in [3.8, 4) is 5.75 Å². The smallest absolute Gasteiger partial charge is 0.166 e. The van der Waals surface area contributed by atoms with Gasteiger partial charge in [-0.05, 0) is 31.5 Å². The van der Waals surface area contributed by atoms with E-state index >= 15 is 0 Å². The molecular weight excluding hydrogens is 304 g/mol. The number of benzene rings is 1. The van der Waals surface area contributed by atoms with Gasteiger partial charge < -0.3 is 4.74 Å². The Bertz CT molecular complexity index is 402. The van der Waals surface area contributed by atoms with Crippen LogP contribution in [0.2, 0.25) is 0 Å². The number of halogens is 1. The lowest BCUT2D eigenvalue weighted by Gasteiger charge is -2.10. The molecule has 0 bridgehead atoms. The average Bonchev–Trinajstić information content (AvgIpc) is 2.40. The van der Waals surface area contributed by atoms with E-state index in [1.807, 2.05) is 25.1 Å². The third kappa shape index (κ3) is 5.77. The summed E-state index contributed by atoms with van der Waals surface area (Å²) in [6.45, 7) is 4.71. The minimum atomic E-state index is 0.182. The van der Waals surface area contributed by atoms with Crippen molar-refractivity contribution in [3.05, 3.63) is 28.2 Å². The molecule has 0 saturated heterocycles. The second kappa shape index (κ2) is 9.13. The van der Waals surface area contributed by atoms with Gasteiger partial charge in [-0.1, -0.05) is 48.5 Å². The summed E-state index contributed by atoms with van der Waals surface area (Å²) in [5, 5.41) is 0. The molecule has 1 rings (SSSR count). The van der Waals surface area contributed by atoms with Crippen molar-refractivity contribution in [2.24, 2.45) is 0 Å². The molecule has 0 aliphatic carbocycles.